The van der Waals surface area contributed by atoms with Crippen molar-refractivity contribution in [1.29, 1.82) is 5.26 Å². The Kier molecular flexibility index (Phi) is 3.01. The number of aromatic nitrogens is 2. The van der Waals surface area contributed by atoms with E-state index in [1.54, 1.807) is 18.6 Å². The summed E-state index contributed by atoms with van der Waals surface area (Å²) in [4.78, 5) is 4.26. The zero-order chi connectivity index (χ0) is 11.4. The highest BCUT2D eigenvalue weighted by molar-refractivity contribution is 5.51. The number of nitrogens with zero attached hydrogens (tertiary/aromatic N) is 3. The second-order valence-corrected chi connectivity index (χ2v) is 3.57. The quantitative estimate of drug-likeness (QED) is 0.786. The minimum absolute atomic E-state index is 0.104. The fourth-order valence-corrected chi connectivity index (χ4v) is 1.35. The van der Waals surface area contributed by atoms with Gasteiger partial charge in [0, 0.05) is 12.3 Å². The lowest BCUT2D eigenvalue weighted by molar-refractivity contribution is 0.355. The van der Waals surface area contributed by atoms with E-state index in [1.807, 2.05) is 6.92 Å². The molecular formula is C11H11N3O2. The molecule has 0 fully saturated rings. The minimum atomic E-state index is 0.104. The molecule has 0 radical (unpaired) electrons. The number of hydrogen-bond acceptors (Lipinski definition) is 5. The van der Waals surface area contributed by atoms with Crippen LogP contribution in [0.15, 0.2) is 27.5 Å². The Morgan fingerprint density at radius 1 is 1.56 bits per heavy atom. The summed E-state index contributed by atoms with van der Waals surface area (Å²) in [6, 6.07) is 3.87. The molecule has 1 atom stereocenters. The van der Waals surface area contributed by atoms with Crippen molar-refractivity contribution in [3.8, 4) is 17.5 Å². The van der Waals surface area contributed by atoms with E-state index in [-0.39, 0.29) is 5.92 Å². The molecule has 5 nitrogen and oxygen atoms in total. The summed E-state index contributed by atoms with van der Waals surface area (Å²) in [7, 11) is 0. The molecular weight excluding hydrogens is 206 g/mol. The number of nitriles is 1. The first-order chi connectivity index (χ1) is 7.81. The van der Waals surface area contributed by atoms with Crippen LogP contribution in [0.5, 0.6) is 0 Å². The highest BCUT2D eigenvalue weighted by atomic mass is 16.5. The van der Waals surface area contributed by atoms with Gasteiger partial charge in [0.1, 0.15) is 6.26 Å². The van der Waals surface area contributed by atoms with Gasteiger partial charge in [0.2, 0.25) is 11.7 Å². The van der Waals surface area contributed by atoms with Crippen molar-refractivity contribution in [1.82, 2.24) is 10.1 Å². The first-order valence-electron chi connectivity index (χ1n) is 5.04. The Labute approximate surface area is 92.7 Å². The lowest BCUT2D eigenvalue weighted by Crippen LogP contribution is -1.93. The van der Waals surface area contributed by atoms with Crippen molar-refractivity contribution in [3.05, 3.63) is 24.5 Å². The van der Waals surface area contributed by atoms with Crippen LogP contribution in [0, 0.1) is 11.3 Å². The molecule has 0 aliphatic rings. The molecule has 2 heterocycles. The number of hydrogen-bond donors (Lipinski definition) is 0. The third-order valence-electron chi connectivity index (χ3n) is 2.33. The molecule has 0 N–H and O–H groups in total. The maximum absolute atomic E-state index is 8.49. The summed E-state index contributed by atoms with van der Waals surface area (Å²) >= 11 is 0. The predicted octanol–water partition coefficient (Wildman–Crippen LogP) is 2.74. The summed E-state index contributed by atoms with van der Waals surface area (Å²) < 4.78 is 10.1. The zero-order valence-electron chi connectivity index (χ0n) is 8.88. The van der Waals surface area contributed by atoms with Crippen LogP contribution in [0.2, 0.25) is 0 Å². The van der Waals surface area contributed by atoms with Crippen molar-refractivity contribution < 1.29 is 8.94 Å². The molecule has 0 bridgehead atoms. The fraction of sp³-hybridized carbons (Fsp3) is 0.364. The molecule has 5 heteroatoms. The van der Waals surface area contributed by atoms with Gasteiger partial charge in [-0.15, -0.1) is 0 Å². The summed E-state index contributed by atoms with van der Waals surface area (Å²) in [5.74, 6) is 1.19. The monoisotopic (exact) mass is 217 g/mol. The highest BCUT2D eigenvalue weighted by Crippen LogP contribution is 2.22. The standard InChI is InChI=1S/C11H11N3O2/c1-8(3-2-5-12)11-13-10(14-16-11)9-4-6-15-7-9/h4,6-8H,2-3H2,1H3. The minimum Gasteiger partial charge on any atom is -0.472 e. The zero-order valence-corrected chi connectivity index (χ0v) is 8.88. The average molecular weight is 217 g/mol. The Morgan fingerprint density at radius 2 is 2.44 bits per heavy atom. The number of furan rings is 1. The Morgan fingerprint density at radius 3 is 3.12 bits per heavy atom. The van der Waals surface area contributed by atoms with Crippen molar-refractivity contribution in [2.75, 3.05) is 0 Å². The van der Waals surface area contributed by atoms with Crippen LogP contribution in [-0.2, 0) is 0 Å². The van der Waals surface area contributed by atoms with Crippen LogP contribution in [0.4, 0.5) is 0 Å². The van der Waals surface area contributed by atoms with Crippen molar-refractivity contribution in [2.45, 2.75) is 25.7 Å². The van der Waals surface area contributed by atoms with Crippen molar-refractivity contribution in [2.24, 2.45) is 0 Å². The molecule has 0 amide bonds. The average Bonchev–Trinajstić information content (AvgIpc) is 2.94. The molecule has 1 unspecified atom stereocenters. The summed E-state index contributed by atoms with van der Waals surface area (Å²) in [5.41, 5.74) is 0.794. The molecule has 0 aromatic carbocycles. The van der Waals surface area contributed by atoms with Crippen LogP contribution in [-0.4, -0.2) is 10.1 Å². The molecule has 0 aliphatic carbocycles. The summed E-state index contributed by atoms with van der Waals surface area (Å²) in [6.45, 7) is 1.96. The molecule has 82 valence electrons. The smallest absolute Gasteiger partial charge is 0.229 e. The third-order valence-corrected chi connectivity index (χ3v) is 2.33. The van der Waals surface area contributed by atoms with E-state index in [1.165, 1.54) is 0 Å². The molecule has 2 aromatic rings. The molecule has 0 saturated heterocycles. The lowest BCUT2D eigenvalue weighted by atomic mass is 10.1. The highest BCUT2D eigenvalue weighted by Gasteiger charge is 2.15. The predicted molar refractivity (Wildman–Crippen MR) is 55.3 cm³/mol. The van der Waals surface area contributed by atoms with Gasteiger partial charge in [-0.05, 0) is 12.5 Å². The van der Waals surface area contributed by atoms with Crippen molar-refractivity contribution >= 4 is 0 Å². The van der Waals surface area contributed by atoms with Crippen LogP contribution >= 0.6 is 0 Å². The van der Waals surface area contributed by atoms with E-state index in [2.05, 4.69) is 16.2 Å². The van der Waals surface area contributed by atoms with Gasteiger partial charge in [0.25, 0.3) is 0 Å². The molecule has 16 heavy (non-hydrogen) atoms. The second-order valence-electron chi connectivity index (χ2n) is 3.57. The molecule has 0 spiro atoms. The Bertz CT molecular complexity index is 482. The van der Waals surface area contributed by atoms with E-state index in [9.17, 15) is 0 Å². The van der Waals surface area contributed by atoms with E-state index in [0.29, 0.717) is 18.1 Å². The van der Waals surface area contributed by atoms with Gasteiger partial charge >= 0.3 is 0 Å². The largest absolute Gasteiger partial charge is 0.472 e. The van der Waals surface area contributed by atoms with E-state index in [4.69, 9.17) is 14.2 Å². The SMILES string of the molecule is CC(CCC#N)c1nc(-c2ccoc2)no1. The maximum Gasteiger partial charge on any atom is 0.229 e. The van der Waals surface area contributed by atoms with Gasteiger partial charge in [-0.25, -0.2) is 0 Å². The van der Waals surface area contributed by atoms with E-state index >= 15 is 0 Å². The van der Waals surface area contributed by atoms with Crippen LogP contribution in [0.1, 0.15) is 31.6 Å². The van der Waals surface area contributed by atoms with Gasteiger partial charge < -0.3 is 8.94 Å². The second kappa shape index (κ2) is 4.62. The van der Waals surface area contributed by atoms with Crippen LogP contribution in [0.3, 0.4) is 0 Å². The first kappa shape index (κ1) is 10.4. The topological polar surface area (TPSA) is 75.8 Å². The summed E-state index contributed by atoms with van der Waals surface area (Å²) in [5, 5.41) is 12.3. The molecule has 0 saturated carbocycles. The molecule has 0 aliphatic heterocycles. The van der Waals surface area contributed by atoms with Gasteiger partial charge in [0.05, 0.1) is 17.9 Å². The Balaban J connectivity index is 2.11. The fourth-order valence-electron chi connectivity index (χ4n) is 1.35. The third kappa shape index (κ3) is 2.11. The van der Waals surface area contributed by atoms with Gasteiger partial charge in [0.15, 0.2) is 0 Å². The van der Waals surface area contributed by atoms with Gasteiger partial charge in [-0.2, -0.15) is 10.2 Å². The molecule has 2 rings (SSSR count). The number of rotatable bonds is 4. The molecule has 2 aromatic heterocycles. The normalized spacial score (nSPS) is 12.2. The summed E-state index contributed by atoms with van der Waals surface area (Å²) in [6.07, 6.45) is 4.34. The van der Waals surface area contributed by atoms with E-state index < -0.39 is 0 Å². The van der Waals surface area contributed by atoms with Crippen molar-refractivity contribution in [3.63, 3.8) is 0 Å². The van der Waals surface area contributed by atoms with Crippen LogP contribution < -0.4 is 0 Å². The first-order valence-corrected chi connectivity index (χ1v) is 5.04. The van der Waals surface area contributed by atoms with Crippen LogP contribution in [0.25, 0.3) is 11.4 Å². The van der Waals surface area contributed by atoms with Gasteiger partial charge in [-0.1, -0.05) is 12.1 Å². The Hall–Kier alpha value is -2.09. The maximum atomic E-state index is 8.49. The lowest BCUT2D eigenvalue weighted by Gasteiger charge is -2.00. The van der Waals surface area contributed by atoms with Gasteiger partial charge in [-0.3, -0.25) is 0 Å². The van der Waals surface area contributed by atoms with E-state index in [0.717, 1.165) is 12.0 Å².